The van der Waals surface area contributed by atoms with Gasteiger partial charge in [-0.05, 0) is 65.3 Å². The number of carbonyl (C=O) groups excluding carboxylic acids is 3. The Morgan fingerprint density at radius 2 is 1.57 bits per heavy atom. The molecule has 1 N–H and O–H groups in total. The predicted octanol–water partition coefficient (Wildman–Crippen LogP) is 5.79. The summed E-state index contributed by atoms with van der Waals surface area (Å²) in [7, 11) is 0. The van der Waals surface area contributed by atoms with Crippen LogP contribution in [0, 0.1) is 17.3 Å². The third kappa shape index (κ3) is 6.85. The van der Waals surface area contributed by atoms with Crippen molar-refractivity contribution < 1.29 is 32.3 Å². The topological polar surface area (TPSA) is 75.7 Å². The zero-order chi connectivity index (χ0) is 29.4. The summed E-state index contributed by atoms with van der Waals surface area (Å²) in [6.07, 6.45) is -3.17. The molecule has 9 heteroatoms. The van der Waals surface area contributed by atoms with Gasteiger partial charge in [-0.25, -0.2) is 0 Å². The molecule has 0 radical (unpaired) electrons. The first-order valence-electron chi connectivity index (χ1n) is 13.7. The maximum Gasteiger partial charge on any atom is 0.573 e. The fraction of sp³-hybridized carbons (Fsp3) is 0.516. The van der Waals surface area contributed by atoms with Crippen LogP contribution in [0.25, 0.3) is 0 Å². The maximum absolute atomic E-state index is 14.3. The second-order valence-corrected chi connectivity index (χ2v) is 12.5. The number of rotatable bonds is 8. The number of ether oxygens (including phenoxy) is 1. The molecule has 1 aliphatic carbocycles. The van der Waals surface area contributed by atoms with Crippen LogP contribution >= 0.6 is 0 Å². The number of nitrogens with one attached hydrogen (secondary N) is 1. The van der Waals surface area contributed by atoms with E-state index < -0.39 is 35.7 Å². The van der Waals surface area contributed by atoms with E-state index in [0.717, 1.165) is 23.3 Å². The molecule has 1 fully saturated rings. The van der Waals surface area contributed by atoms with Crippen molar-refractivity contribution in [2.45, 2.75) is 84.8 Å². The van der Waals surface area contributed by atoms with Crippen molar-refractivity contribution in [1.29, 1.82) is 0 Å². The van der Waals surface area contributed by atoms with E-state index in [-0.39, 0.29) is 35.9 Å². The highest BCUT2D eigenvalue weighted by atomic mass is 19.4. The minimum Gasteiger partial charge on any atom is -0.406 e. The van der Waals surface area contributed by atoms with Crippen LogP contribution in [0.15, 0.2) is 48.5 Å². The number of alkyl halides is 3. The van der Waals surface area contributed by atoms with Crippen LogP contribution < -0.4 is 10.1 Å². The Kier molecular flexibility index (Phi) is 8.33. The molecule has 0 spiro atoms. The lowest BCUT2D eigenvalue weighted by molar-refractivity contribution is -0.274. The largest absolute Gasteiger partial charge is 0.573 e. The molecular weight excluding hydrogens is 521 g/mol. The van der Waals surface area contributed by atoms with Gasteiger partial charge in [0.2, 0.25) is 11.8 Å². The number of hydrogen-bond acceptors (Lipinski definition) is 4. The summed E-state index contributed by atoms with van der Waals surface area (Å²) in [5.41, 5.74) is 2.18. The summed E-state index contributed by atoms with van der Waals surface area (Å²) < 4.78 is 42.4. The average molecular weight is 559 g/mol. The van der Waals surface area contributed by atoms with E-state index in [9.17, 15) is 27.6 Å². The standard InChI is InChI=1S/C31H37F3N2O4/c1-18(2)14-24-28(38)35-26(22-15-20-8-6-7-9-21(20)16-22)29(39)36(24)27(25(37)17-30(3,4)5)19-10-12-23(13-11-19)40-31(32,33)34/h6-13,18,22,24,26-27H,14-17H2,1-5H3,(H,35,38)/t24-,26-,27-/m1/s1. The Balaban J connectivity index is 1.75. The van der Waals surface area contributed by atoms with Gasteiger partial charge in [0.1, 0.15) is 23.9 Å². The first-order valence-corrected chi connectivity index (χ1v) is 13.7. The molecule has 216 valence electrons. The van der Waals surface area contributed by atoms with E-state index in [2.05, 4.69) is 10.1 Å². The van der Waals surface area contributed by atoms with Gasteiger partial charge >= 0.3 is 6.36 Å². The number of amides is 2. The first-order chi connectivity index (χ1) is 18.6. The van der Waals surface area contributed by atoms with Gasteiger partial charge in [-0.2, -0.15) is 0 Å². The summed E-state index contributed by atoms with van der Waals surface area (Å²) in [6, 6.07) is 10.1. The quantitative estimate of drug-likeness (QED) is 0.445. The molecule has 2 aromatic carbocycles. The molecule has 0 bridgehead atoms. The highest BCUT2D eigenvalue weighted by Crippen LogP contribution is 2.38. The van der Waals surface area contributed by atoms with Crippen LogP contribution in [0.2, 0.25) is 0 Å². The molecular formula is C31H37F3N2O4. The second-order valence-electron chi connectivity index (χ2n) is 12.5. The van der Waals surface area contributed by atoms with E-state index in [4.69, 9.17) is 0 Å². The fourth-order valence-corrected chi connectivity index (χ4v) is 5.85. The van der Waals surface area contributed by atoms with Gasteiger partial charge in [-0.1, -0.05) is 71.0 Å². The average Bonchev–Trinajstić information content (AvgIpc) is 3.26. The Labute approximate surface area is 233 Å². The number of nitrogens with zero attached hydrogens (tertiary/aromatic N) is 1. The number of halogens is 3. The van der Waals surface area contributed by atoms with Crippen LogP contribution in [-0.4, -0.2) is 40.9 Å². The van der Waals surface area contributed by atoms with Crippen LogP contribution in [-0.2, 0) is 27.2 Å². The molecule has 3 atom stereocenters. The number of Topliss-reactive ketones (excluding diaryl/α,β-unsaturated/α-hetero) is 1. The second kappa shape index (κ2) is 11.3. The Hall–Kier alpha value is -3.36. The number of benzene rings is 2. The van der Waals surface area contributed by atoms with Gasteiger partial charge in [0.15, 0.2) is 5.78 Å². The summed E-state index contributed by atoms with van der Waals surface area (Å²) in [5, 5.41) is 2.97. The molecule has 2 amide bonds. The lowest BCUT2D eigenvalue weighted by Crippen LogP contribution is -2.66. The van der Waals surface area contributed by atoms with Gasteiger partial charge in [0.05, 0.1) is 0 Å². The summed E-state index contributed by atoms with van der Waals surface area (Å²) in [5.74, 6) is -1.49. The van der Waals surface area contributed by atoms with Gasteiger partial charge in [-0.15, -0.1) is 13.2 Å². The molecule has 2 aliphatic rings. The van der Waals surface area contributed by atoms with Crippen LogP contribution in [0.5, 0.6) is 5.75 Å². The minimum atomic E-state index is -4.86. The van der Waals surface area contributed by atoms with E-state index in [0.29, 0.717) is 24.8 Å². The Bertz CT molecular complexity index is 1230. The third-order valence-corrected chi connectivity index (χ3v) is 7.42. The van der Waals surface area contributed by atoms with Gasteiger partial charge < -0.3 is 15.0 Å². The van der Waals surface area contributed by atoms with Crippen LogP contribution in [0.4, 0.5) is 13.2 Å². The predicted molar refractivity (Wildman–Crippen MR) is 144 cm³/mol. The van der Waals surface area contributed by atoms with Crippen molar-refractivity contribution in [2.24, 2.45) is 17.3 Å². The molecule has 0 aromatic heterocycles. The van der Waals surface area contributed by atoms with E-state index in [1.54, 1.807) is 0 Å². The maximum atomic E-state index is 14.3. The van der Waals surface area contributed by atoms with Crippen LogP contribution in [0.1, 0.15) is 70.2 Å². The highest BCUT2D eigenvalue weighted by Gasteiger charge is 2.49. The van der Waals surface area contributed by atoms with E-state index >= 15 is 0 Å². The number of ketones is 1. The Morgan fingerprint density at radius 1 is 1.00 bits per heavy atom. The van der Waals surface area contributed by atoms with Crippen molar-refractivity contribution in [1.82, 2.24) is 10.2 Å². The first kappa shape index (κ1) is 29.6. The highest BCUT2D eigenvalue weighted by molar-refractivity contribution is 6.00. The molecule has 0 unspecified atom stereocenters. The lowest BCUT2D eigenvalue weighted by Gasteiger charge is -2.45. The zero-order valence-electron chi connectivity index (χ0n) is 23.5. The van der Waals surface area contributed by atoms with Crippen molar-refractivity contribution in [3.63, 3.8) is 0 Å². The molecule has 6 nitrogen and oxygen atoms in total. The van der Waals surface area contributed by atoms with Gasteiger partial charge in [-0.3, -0.25) is 14.4 Å². The molecule has 0 saturated carbocycles. The number of hydrogen-bond donors (Lipinski definition) is 1. The number of carbonyl (C=O) groups is 3. The van der Waals surface area contributed by atoms with Crippen molar-refractivity contribution in [2.75, 3.05) is 0 Å². The molecule has 1 aliphatic heterocycles. The molecule has 1 heterocycles. The monoisotopic (exact) mass is 558 g/mol. The normalized spacial score (nSPS) is 20.9. The summed E-state index contributed by atoms with van der Waals surface area (Å²) in [4.78, 5) is 43.3. The number of fused-ring (bicyclic) bond motifs is 1. The van der Waals surface area contributed by atoms with E-state index in [1.807, 2.05) is 58.9 Å². The lowest BCUT2D eigenvalue weighted by atomic mass is 9.83. The SMILES string of the molecule is CC(C)C[C@@H]1C(=O)N[C@H](C2Cc3ccccc3C2)C(=O)N1[C@@H](C(=O)CC(C)(C)C)c1ccc(OC(F)(F)F)cc1. The smallest absolute Gasteiger partial charge is 0.406 e. The third-order valence-electron chi connectivity index (χ3n) is 7.42. The van der Waals surface area contributed by atoms with Crippen molar-refractivity contribution >= 4 is 17.6 Å². The van der Waals surface area contributed by atoms with Crippen LogP contribution in [0.3, 0.4) is 0 Å². The molecule has 1 saturated heterocycles. The molecule has 4 rings (SSSR count). The summed E-state index contributed by atoms with van der Waals surface area (Å²) in [6.45, 7) is 9.57. The summed E-state index contributed by atoms with van der Waals surface area (Å²) >= 11 is 0. The van der Waals surface area contributed by atoms with Crippen molar-refractivity contribution in [3.05, 3.63) is 65.2 Å². The number of piperazine rings is 1. The zero-order valence-corrected chi connectivity index (χ0v) is 23.5. The van der Waals surface area contributed by atoms with Crippen molar-refractivity contribution in [3.8, 4) is 5.75 Å². The van der Waals surface area contributed by atoms with Gasteiger partial charge in [0, 0.05) is 6.42 Å². The minimum absolute atomic E-state index is 0.0410. The molecule has 40 heavy (non-hydrogen) atoms. The van der Waals surface area contributed by atoms with E-state index in [1.165, 1.54) is 17.0 Å². The Morgan fingerprint density at radius 3 is 2.08 bits per heavy atom. The fourth-order valence-electron chi connectivity index (χ4n) is 5.85. The van der Waals surface area contributed by atoms with Gasteiger partial charge in [0.25, 0.3) is 0 Å². The molecule has 2 aromatic rings.